The Morgan fingerprint density at radius 2 is 2.17 bits per heavy atom. The van der Waals surface area contributed by atoms with Crippen molar-refractivity contribution >= 4 is 11.6 Å². The van der Waals surface area contributed by atoms with Gasteiger partial charge in [-0.15, -0.1) is 0 Å². The van der Waals surface area contributed by atoms with E-state index in [1.807, 2.05) is 32.0 Å². The molecule has 0 aliphatic heterocycles. The zero-order valence-corrected chi connectivity index (χ0v) is 11.4. The van der Waals surface area contributed by atoms with Crippen LogP contribution in [0.25, 0.3) is 0 Å². The van der Waals surface area contributed by atoms with Gasteiger partial charge in [-0.3, -0.25) is 4.79 Å². The molecule has 0 radical (unpaired) electrons. The molecule has 1 aromatic carbocycles. The Kier molecular flexibility index (Phi) is 3.90. The fourth-order valence-electron chi connectivity index (χ4n) is 2.31. The molecule has 3 nitrogen and oxygen atoms in total. The molecule has 1 aliphatic carbocycles. The lowest BCUT2D eigenvalue weighted by Crippen LogP contribution is -2.27. The SMILES string of the molecule is CCNc1ccc(C)cc1C(=O)NC1CC1CC. The zero-order valence-electron chi connectivity index (χ0n) is 11.4. The molecule has 0 aromatic heterocycles. The van der Waals surface area contributed by atoms with Gasteiger partial charge in [0.05, 0.1) is 5.56 Å². The summed E-state index contributed by atoms with van der Waals surface area (Å²) in [6, 6.07) is 6.35. The maximum atomic E-state index is 12.3. The largest absolute Gasteiger partial charge is 0.385 e. The molecular weight excluding hydrogens is 224 g/mol. The van der Waals surface area contributed by atoms with Gasteiger partial charge in [0.1, 0.15) is 0 Å². The highest BCUT2D eigenvalue weighted by Crippen LogP contribution is 2.33. The van der Waals surface area contributed by atoms with Crippen LogP contribution in [-0.4, -0.2) is 18.5 Å². The summed E-state index contributed by atoms with van der Waals surface area (Å²) in [7, 11) is 0. The van der Waals surface area contributed by atoms with Crippen molar-refractivity contribution in [3.05, 3.63) is 29.3 Å². The quantitative estimate of drug-likeness (QED) is 0.838. The second-order valence-corrected chi connectivity index (χ2v) is 5.06. The third-order valence-corrected chi connectivity index (χ3v) is 3.55. The lowest BCUT2D eigenvalue weighted by atomic mass is 10.1. The van der Waals surface area contributed by atoms with Gasteiger partial charge in [-0.05, 0) is 38.3 Å². The number of benzene rings is 1. The number of carbonyl (C=O) groups is 1. The van der Waals surface area contributed by atoms with E-state index in [-0.39, 0.29) is 5.91 Å². The van der Waals surface area contributed by atoms with Gasteiger partial charge >= 0.3 is 0 Å². The molecule has 2 atom stereocenters. The fraction of sp³-hybridized carbons (Fsp3) is 0.533. The smallest absolute Gasteiger partial charge is 0.253 e. The molecule has 0 bridgehead atoms. The molecule has 2 unspecified atom stereocenters. The maximum absolute atomic E-state index is 12.3. The van der Waals surface area contributed by atoms with Gasteiger partial charge in [-0.2, -0.15) is 0 Å². The van der Waals surface area contributed by atoms with Crippen LogP contribution >= 0.6 is 0 Å². The molecule has 0 heterocycles. The summed E-state index contributed by atoms with van der Waals surface area (Å²) in [6.07, 6.45) is 2.28. The normalized spacial score (nSPS) is 21.5. The first-order chi connectivity index (χ1) is 8.65. The molecule has 3 heteroatoms. The van der Waals surface area contributed by atoms with Crippen molar-refractivity contribution in [1.29, 1.82) is 0 Å². The highest BCUT2D eigenvalue weighted by molar-refractivity contribution is 6.00. The number of rotatable bonds is 5. The average Bonchev–Trinajstić information content (AvgIpc) is 3.10. The minimum absolute atomic E-state index is 0.0515. The van der Waals surface area contributed by atoms with Gasteiger partial charge in [-0.1, -0.05) is 25.0 Å². The third kappa shape index (κ3) is 2.84. The van der Waals surface area contributed by atoms with Crippen LogP contribution in [0.15, 0.2) is 18.2 Å². The Morgan fingerprint density at radius 1 is 1.39 bits per heavy atom. The summed E-state index contributed by atoms with van der Waals surface area (Å²) in [5.74, 6) is 0.733. The summed E-state index contributed by atoms with van der Waals surface area (Å²) in [5, 5.41) is 6.36. The second kappa shape index (κ2) is 5.42. The minimum Gasteiger partial charge on any atom is -0.385 e. The van der Waals surface area contributed by atoms with E-state index in [1.54, 1.807) is 0 Å². The summed E-state index contributed by atoms with van der Waals surface area (Å²) >= 11 is 0. The highest BCUT2D eigenvalue weighted by atomic mass is 16.1. The number of anilines is 1. The summed E-state index contributed by atoms with van der Waals surface area (Å²) < 4.78 is 0. The van der Waals surface area contributed by atoms with Crippen LogP contribution in [0.2, 0.25) is 0 Å². The van der Waals surface area contributed by atoms with E-state index in [9.17, 15) is 4.79 Å². The molecule has 2 N–H and O–H groups in total. The van der Waals surface area contributed by atoms with Crippen molar-refractivity contribution in [2.75, 3.05) is 11.9 Å². The van der Waals surface area contributed by atoms with Gasteiger partial charge < -0.3 is 10.6 Å². The van der Waals surface area contributed by atoms with Crippen LogP contribution in [0.4, 0.5) is 5.69 Å². The van der Waals surface area contributed by atoms with Crippen LogP contribution in [0.3, 0.4) is 0 Å². The van der Waals surface area contributed by atoms with Gasteiger partial charge in [-0.25, -0.2) is 0 Å². The molecule has 0 spiro atoms. The molecule has 1 aliphatic rings. The molecule has 2 rings (SSSR count). The number of hydrogen-bond acceptors (Lipinski definition) is 2. The first-order valence-corrected chi connectivity index (χ1v) is 6.81. The third-order valence-electron chi connectivity index (χ3n) is 3.55. The van der Waals surface area contributed by atoms with Crippen molar-refractivity contribution in [3.8, 4) is 0 Å². The Hall–Kier alpha value is -1.51. The van der Waals surface area contributed by atoms with E-state index in [0.717, 1.165) is 36.2 Å². The standard InChI is InChI=1S/C15H22N2O/c1-4-11-9-14(11)17-15(18)12-8-10(3)6-7-13(12)16-5-2/h6-8,11,14,16H,4-5,9H2,1-3H3,(H,17,18). The van der Waals surface area contributed by atoms with E-state index in [4.69, 9.17) is 0 Å². The summed E-state index contributed by atoms with van der Waals surface area (Å²) in [4.78, 5) is 12.3. The van der Waals surface area contributed by atoms with Crippen LogP contribution in [-0.2, 0) is 0 Å². The van der Waals surface area contributed by atoms with Crippen LogP contribution < -0.4 is 10.6 Å². The minimum atomic E-state index is 0.0515. The topological polar surface area (TPSA) is 41.1 Å². The van der Waals surface area contributed by atoms with Crippen molar-refractivity contribution in [3.63, 3.8) is 0 Å². The van der Waals surface area contributed by atoms with Gasteiger partial charge in [0.15, 0.2) is 0 Å². The van der Waals surface area contributed by atoms with Crippen molar-refractivity contribution < 1.29 is 4.79 Å². The maximum Gasteiger partial charge on any atom is 0.253 e. The number of aryl methyl sites for hydroxylation is 1. The van der Waals surface area contributed by atoms with Crippen LogP contribution in [0.5, 0.6) is 0 Å². The molecule has 1 saturated carbocycles. The first-order valence-electron chi connectivity index (χ1n) is 6.81. The lowest BCUT2D eigenvalue weighted by Gasteiger charge is -2.12. The van der Waals surface area contributed by atoms with E-state index in [1.165, 1.54) is 0 Å². The first kappa shape index (κ1) is 12.9. The molecule has 1 fully saturated rings. The Labute approximate surface area is 109 Å². The number of nitrogens with one attached hydrogen (secondary N) is 2. The van der Waals surface area contributed by atoms with E-state index in [2.05, 4.69) is 17.6 Å². The summed E-state index contributed by atoms with van der Waals surface area (Å²) in [6.45, 7) is 7.05. The Balaban J connectivity index is 2.10. The van der Waals surface area contributed by atoms with Gasteiger partial charge in [0, 0.05) is 18.3 Å². The van der Waals surface area contributed by atoms with Crippen molar-refractivity contribution in [2.45, 2.75) is 39.7 Å². The van der Waals surface area contributed by atoms with Crippen LogP contribution in [0.1, 0.15) is 42.6 Å². The van der Waals surface area contributed by atoms with E-state index in [0.29, 0.717) is 12.0 Å². The Bertz CT molecular complexity index is 442. The second-order valence-electron chi connectivity index (χ2n) is 5.06. The fourth-order valence-corrected chi connectivity index (χ4v) is 2.31. The number of amides is 1. The summed E-state index contributed by atoms with van der Waals surface area (Å²) in [5.41, 5.74) is 2.80. The molecule has 1 amide bonds. The average molecular weight is 246 g/mol. The zero-order chi connectivity index (χ0) is 13.1. The van der Waals surface area contributed by atoms with Gasteiger partial charge in [0.25, 0.3) is 5.91 Å². The van der Waals surface area contributed by atoms with Crippen molar-refractivity contribution in [1.82, 2.24) is 5.32 Å². The molecule has 98 valence electrons. The van der Waals surface area contributed by atoms with Crippen LogP contribution in [0, 0.1) is 12.8 Å². The highest BCUT2D eigenvalue weighted by Gasteiger charge is 2.36. The van der Waals surface area contributed by atoms with E-state index >= 15 is 0 Å². The predicted molar refractivity (Wildman–Crippen MR) is 75.0 cm³/mol. The molecular formula is C15H22N2O. The van der Waals surface area contributed by atoms with Crippen molar-refractivity contribution in [2.24, 2.45) is 5.92 Å². The Morgan fingerprint density at radius 3 is 2.78 bits per heavy atom. The predicted octanol–water partition coefficient (Wildman–Crippen LogP) is 2.96. The van der Waals surface area contributed by atoms with Gasteiger partial charge in [0.2, 0.25) is 0 Å². The van der Waals surface area contributed by atoms with E-state index < -0.39 is 0 Å². The number of hydrogen-bond donors (Lipinski definition) is 2. The lowest BCUT2D eigenvalue weighted by molar-refractivity contribution is 0.0949. The molecule has 0 saturated heterocycles. The number of carbonyl (C=O) groups excluding carboxylic acids is 1. The monoisotopic (exact) mass is 246 g/mol. The molecule has 1 aromatic rings. The molecule has 18 heavy (non-hydrogen) atoms.